The second-order valence-electron chi connectivity index (χ2n) is 7.58. The first-order valence-electron chi connectivity index (χ1n) is 10.1. The molecular formula is C20H20ClN7O2S. The van der Waals surface area contributed by atoms with E-state index in [2.05, 4.69) is 25.3 Å². The van der Waals surface area contributed by atoms with Gasteiger partial charge in [-0.15, -0.1) is 5.10 Å². The molecule has 1 fully saturated rings. The average Bonchev–Trinajstić information content (AvgIpc) is 3.33. The second kappa shape index (κ2) is 7.93. The van der Waals surface area contributed by atoms with Crippen molar-refractivity contribution in [3.8, 4) is 0 Å². The van der Waals surface area contributed by atoms with Crippen LogP contribution in [0.2, 0.25) is 5.02 Å². The third-order valence-electron chi connectivity index (χ3n) is 5.36. The second-order valence-corrected chi connectivity index (χ2v) is 9.00. The number of halogens is 1. The van der Waals surface area contributed by atoms with Gasteiger partial charge >= 0.3 is 5.69 Å². The quantitative estimate of drug-likeness (QED) is 0.505. The Kier molecular flexibility index (Phi) is 5.11. The molecule has 160 valence electrons. The molecule has 0 radical (unpaired) electrons. The number of aromatic nitrogens is 5. The van der Waals surface area contributed by atoms with E-state index in [0.29, 0.717) is 22.0 Å². The highest BCUT2D eigenvalue weighted by atomic mass is 35.5. The molecule has 0 saturated carbocycles. The number of aryl methyl sites for hydroxylation is 1. The zero-order valence-electron chi connectivity index (χ0n) is 16.8. The molecular weight excluding hydrogens is 438 g/mol. The zero-order valence-corrected chi connectivity index (χ0v) is 18.4. The van der Waals surface area contributed by atoms with E-state index in [-0.39, 0.29) is 12.5 Å². The summed E-state index contributed by atoms with van der Waals surface area (Å²) in [5.41, 5.74) is 2.08. The van der Waals surface area contributed by atoms with Crippen LogP contribution >= 0.6 is 22.9 Å². The Bertz CT molecular complexity index is 1350. The van der Waals surface area contributed by atoms with Gasteiger partial charge in [-0.1, -0.05) is 29.0 Å². The van der Waals surface area contributed by atoms with E-state index in [1.54, 1.807) is 12.1 Å². The van der Waals surface area contributed by atoms with Crippen LogP contribution in [0.1, 0.15) is 24.8 Å². The third-order valence-corrected chi connectivity index (χ3v) is 6.70. The molecule has 0 aliphatic carbocycles. The fourth-order valence-electron chi connectivity index (χ4n) is 3.70. The maximum absolute atomic E-state index is 12.8. The maximum Gasteiger partial charge on any atom is 0.352 e. The lowest BCUT2D eigenvalue weighted by atomic mass is 10.1. The molecule has 9 nitrogen and oxygen atoms in total. The Morgan fingerprint density at radius 3 is 2.87 bits per heavy atom. The summed E-state index contributed by atoms with van der Waals surface area (Å²) < 4.78 is 3.25. The van der Waals surface area contributed by atoms with Gasteiger partial charge in [0.05, 0.1) is 0 Å². The van der Waals surface area contributed by atoms with E-state index in [1.807, 2.05) is 13.0 Å². The van der Waals surface area contributed by atoms with Gasteiger partial charge < -0.3 is 10.2 Å². The number of carbonyl (C=O) groups is 1. The minimum Gasteiger partial charge on any atom is -0.348 e. The van der Waals surface area contributed by atoms with Crippen molar-refractivity contribution in [1.82, 2.24) is 24.1 Å². The predicted molar refractivity (Wildman–Crippen MR) is 121 cm³/mol. The summed E-state index contributed by atoms with van der Waals surface area (Å²) in [7, 11) is 0. The van der Waals surface area contributed by atoms with Crippen molar-refractivity contribution in [2.45, 2.75) is 32.7 Å². The third kappa shape index (κ3) is 3.77. The van der Waals surface area contributed by atoms with Gasteiger partial charge in [0.2, 0.25) is 5.91 Å². The number of amides is 1. The van der Waals surface area contributed by atoms with Crippen molar-refractivity contribution < 1.29 is 4.79 Å². The predicted octanol–water partition coefficient (Wildman–Crippen LogP) is 3.09. The topological polar surface area (TPSA) is 97.4 Å². The van der Waals surface area contributed by atoms with Crippen LogP contribution in [0.25, 0.3) is 16.0 Å². The van der Waals surface area contributed by atoms with Crippen molar-refractivity contribution in [3.63, 3.8) is 0 Å². The van der Waals surface area contributed by atoms with Crippen molar-refractivity contribution in [2.75, 3.05) is 23.3 Å². The molecule has 31 heavy (non-hydrogen) atoms. The van der Waals surface area contributed by atoms with Crippen molar-refractivity contribution in [3.05, 3.63) is 45.6 Å². The fraction of sp³-hybridized carbons (Fsp3) is 0.350. The minimum absolute atomic E-state index is 0.217. The first-order chi connectivity index (χ1) is 15.0. The zero-order chi connectivity index (χ0) is 21.5. The van der Waals surface area contributed by atoms with Crippen molar-refractivity contribution in [1.29, 1.82) is 0 Å². The normalized spacial score (nSPS) is 14.5. The number of benzene rings is 1. The summed E-state index contributed by atoms with van der Waals surface area (Å²) in [5, 5.41) is 8.62. The van der Waals surface area contributed by atoms with Crippen molar-refractivity contribution in [2.24, 2.45) is 0 Å². The molecule has 1 saturated heterocycles. The van der Waals surface area contributed by atoms with Gasteiger partial charge in [-0.25, -0.2) is 18.9 Å². The number of thiazole rings is 1. The molecule has 5 rings (SSSR count). The molecule has 1 N–H and O–H groups in total. The van der Waals surface area contributed by atoms with Crippen LogP contribution in [0.5, 0.6) is 0 Å². The van der Waals surface area contributed by atoms with Crippen LogP contribution in [0.4, 0.5) is 10.8 Å². The van der Waals surface area contributed by atoms with Gasteiger partial charge in [0.15, 0.2) is 16.4 Å². The first-order valence-corrected chi connectivity index (χ1v) is 11.2. The number of anilines is 2. The lowest BCUT2D eigenvalue weighted by Crippen LogP contribution is -2.29. The van der Waals surface area contributed by atoms with E-state index in [0.717, 1.165) is 46.0 Å². The summed E-state index contributed by atoms with van der Waals surface area (Å²) in [4.78, 5) is 36.6. The summed E-state index contributed by atoms with van der Waals surface area (Å²) in [6, 6.07) is 5.25. The molecule has 1 amide bonds. The highest BCUT2D eigenvalue weighted by molar-refractivity contribution is 7.22. The average molecular weight is 458 g/mol. The summed E-state index contributed by atoms with van der Waals surface area (Å²) in [6.45, 7) is 3.60. The van der Waals surface area contributed by atoms with Gasteiger partial charge in [0.1, 0.15) is 17.6 Å². The minimum atomic E-state index is -0.421. The van der Waals surface area contributed by atoms with E-state index in [4.69, 9.17) is 11.6 Å². The van der Waals surface area contributed by atoms with E-state index >= 15 is 0 Å². The van der Waals surface area contributed by atoms with Gasteiger partial charge in [-0.3, -0.25) is 4.79 Å². The smallest absolute Gasteiger partial charge is 0.348 e. The first kappa shape index (κ1) is 20.0. The standard InChI is InChI=1S/C20H20ClN7O2S/c1-12-5-6-13(21)9-14(12)23-15(29)10-28-20(30)27-11-22-17-16(18(27)25-28)31-19(24-17)26-7-3-2-4-8-26/h5-6,9,11H,2-4,7-8,10H2,1H3,(H,23,29). The molecule has 1 aromatic carbocycles. The van der Waals surface area contributed by atoms with E-state index in [1.165, 1.54) is 28.5 Å². The Labute approximate surface area is 186 Å². The molecule has 0 atom stereocenters. The van der Waals surface area contributed by atoms with Crippen LogP contribution in [0.3, 0.4) is 0 Å². The molecule has 0 bridgehead atoms. The number of hydrogen-bond donors (Lipinski definition) is 1. The van der Waals surface area contributed by atoms with E-state index in [9.17, 15) is 9.59 Å². The Morgan fingerprint density at radius 2 is 2.06 bits per heavy atom. The fourth-order valence-corrected chi connectivity index (χ4v) is 4.92. The highest BCUT2D eigenvalue weighted by Gasteiger charge is 2.20. The highest BCUT2D eigenvalue weighted by Crippen LogP contribution is 2.31. The molecule has 0 unspecified atom stereocenters. The lowest BCUT2D eigenvalue weighted by Gasteiger charge is -2.25. The van der Waals surface area contributed by atoms with Crippen LogP contribution in [-0.4, -0.2) is 43.1 Å². The maximum atomic E-state index is 12.8. The van der Waals surface area contributed by atoms with Crippen LogP contribution in [0.15, 0.2) is 29.3 Å². The number of carbonyl (C=O) groups excluding carboxylic acids is 1. The summed E-state index contributed by atoms with van der Waals surface area (Å²) in [6.07, 6.45) is 4.95. The molecule has 11 heteroatoms. The number of fused-ring (bicyclic) bond motifs is 3. The number of hydrogen-bond acceptors (Lipinski definition) is 7. The van der Waals surface area contributed by atoms with Gasteiger partial charge in [-0.05, 0) is 43.9 Å². The number of nitrogens with one attached hydrogen (secondary N) is 1. The number of piperidine rings is 1. The molecule has 1 aliphatic rings. The van der Waals surface area contributed by atoms with Crippen molar-refractivity contribution >= 4 is 55.7 Å². The number of rotatable bonds is 4. The van der Waals surface area contributed by atoms with Crippen LogP contribution in [-0.2, 0) is 11.3 Å². The SMILES string of the molecule is Cc1ccc(Cl)cc1NC(=O)Cn1nc2c3sc(N4CCCCC4)nc3ncn2c1=O. The van der Waals surface area contributed by atoms with Gasteiger partial charge in [0.25, 0.3) is 0 Å². The van der Waals surface area contributed by atoms with Gasteiger partial charge in [0, 0.05) is 23.8 Å². The van der Waals surface area contributed by atoms with E-state index < -0.39 is 5.69 Å². The van der Waals surface area contributed by atoms with Gasteiger partial charge in [-0.2, -0.15) is 4.98 Å². The lowest BCUT2D eigenvalue weighted by molar-refractivity contribution is -0.117. The Morgan fingerprint density at radius 1 is 1.26 bits per heavy atom. The molecule has 4 heterocycles. The monoisotopic (exact) mass is 457 g/mol. The van der Waals surface area contributed by atoms with Crippen LogP contribution < -0.4 is 15.9 Å². The number of nitrogens with zero attached hydrogens (tertiary/aromatic N) is 6. The van der Waals surface area contributed by atoms with Crippen LogP contribution in [0, 0.1) is 6.92 Å². The Balaban J connectivity index is 1.45. The largest absolute Gasteiger partial charge is 0.352 e. The Hall–Kier alpha value is -2.98. The summed E-state index contributed by atoms with van der Waals surface area (Å²) in [5.74, 6) is -0.363. The summed E-state index contributed by atoms with van der Waals surface area (Å²) >= 11 is 7.50. The molecule has 0 spiro atoms. The molecule has 3 aromatic heterocycles. The molecule has 4 aromatic rings. The molecule has 1 aliphatic heterocycles.